The van der Waals surface area contributed by atoms with Crippen LogP contribution in [0.1, 0.15) is 41.9 Å². The van der Waals surface area contributed by atoms with Crippen molar-refractivity contribution in [3.63, 3.8) is 0 Å². The smallest absolute Gasteiger partial charge is 0.169 e. The van der Waals surface area contributed by atoms with Gasteiger partial charge < -0.3 is 9.73 Å². The number of hydrogen-bond donors (Lipinski definition) is 1. The molecule has 4 heteroatoms. The van der Waals surface area contributed by atoms with Gasteiger partial charge in [-0.2, -0.15) is 0 Å². The first-order chi connectivity index (χ1) is 12.4. The highest BCUT2D eigenvalue weighted by atomic mass is 16.3. The second-order valence-electron chi connectivity index (χ2n) is 7.71. The molecule has 0 bridgehead atoms. The fourth-order valence-corrected chi connectivity index (χ4v) is 3.56. The Morgan fingerprint density at radius 2 is 1.85 bits per heavy atom. The fourth-order valence-electron chi connectivity index (χ4n) is 3.56. The number of aryl methyl sites for hydroxylation is 1. The topological polar surface area (TPSA) is 55.1 Å². The number of carbonyl (C=O) groups excluding carboxylic acids is 1. The lowest BCUT2D eigenvalue weighted by Gasteiger charge is -2.27. The summed E-state index contributed by atoms with van der Waals surface area (Å²) in [5.41, 5.74) is 3.28. The number of ketones is 1. The summed E-state index contributed by atoms with van der Waals surface area (Å²) in [4.78, 5) is 17.3. The highest BCUT2D eigenvalue weighted by Gasteiger charge is 2.37. The van der Waals surface area contributed by atoms with Crippen molar-refractivity contribution < 1.29 is 9.21 Å². The number of anilines is 2. The number of Topliss-reactive ketones (excluding diaryl/α,β-unsaturated/α-hetero) is 1. The number of pyridine rings is 1. The van der Waals surface area contributed by atoms with E-state index in [0.29, 0.717) is 17.7 Å². The van der Waals surface area contributed by atoms with Crippen LogP contribution in [0.3, 0.4) is 0 Å². The number of rotatable bonds is 3. The zero-order valence-electron chi connectivity index (χ0n) is 15.3. The lowest BCUT2D eigenvalue weighted by Crippen LogP contribution is -2.26. The van der Waals surface area contributed by atoms with Crippen LogP contribution in [0.4, 0.5) is 11.5 Å². The van der Waals surface area contributed by atoms with Gasteiger partial charge in [0.1, 0.15) is 11.6 Å². The molecule has 26 heavy (non-hydrogen) atoms. The first-order valence-electron chi connectivity index (χ1n) is 8.87. The van der Waals surface area contributed by atoms with Crippen LogP contribution in [0.25, 0.3) is 11.3 Å². The Morgan fingerprint density at radius 3 is 2.58 bits per heavy atom. The van der Waals surface area contributed by atoms with Gasteiger partial charge in [-0.05, 0) is 24.0 Å². The van der Waals surface area contributed by atoms with Crippen molar-refractivity contribution in [3.05, 3.63) is 65.5 Å². The Hall–Kier alpha value is -2.88. The van der Waals surface area contributed by atoms with Gasteiger partial charge in [0.2, 0.25) is 0 Å². The molecule has 1 aromatic carbocycles. The van der Waals surface area contributed by atoms with Gasteiger partial charge in [0.05, 0.1) is 11.3 Å². The van der Waals surface area contributed by atoms with Crippen molar-refractivity contribution in [2.24, 2.45) is 5.41 Å². The third kappa shape index (κ3) is 2.92. The molecule has 0 amide bonds. The molecule has 4 nitrogen and oxygen atoms in total. The van der Waals surface area contributed by atoms with E-state index in [-0.39, 0.29) is 11.2 Å². The van der Waals surface area contributed by atoms with Crippen molar-refractivity contribution in [2.45, 2.75) is 33.6 Å². The molecule has 1 aliphatic rings. The average molecular weight is 346 g/mol. The molecule has 0 radical (unpaired) electrons. The van der Waals surface area contributed by atoms with E-state index in [2.05, 4.69) is 24.1 Å². The zero-order chi connectivity index (χ0) is 18.3. The molecule has 2 heterocycles. The van der Waals surface area contributed by atoms with Crippen molar-refractivity contribution >= 4 is 17.3 Å². The molecule has 1 N–H and O–H groups in total. The SMILES string of the molecule is Cc1cccnc1Nc1c(-c2ccccc2)oc2c1C(=O)CC(C)(C)C2. The van der Waals surface area contributed by atoms with Gasteiger partial charge in [-0.1, -0.05) is 50.2 Å². The van der Waals surface area contributed by atoms with Crippen molar-refractivity contribution in [3.8, 4) is 11.3 Å². The van der Waals surface area contributed by atoms with Gasteiger partial charge in [-0.25, -0.2) is 4.98 Å². The number of benzene rings is 1. The van der Waals surface area contributed by atoms with Crippen molar-refractivity contribution in [1.82, 2.24) is 4.98 Å². The van der Waals surface area contributed by atoms with Crippen LogP contribution in [0.5, 0.6) is 0 Å². The lowest BCUT2D eigenvalue weighted by molar-refractivity contribution is 0.0905. The molecular weight excluding hydrogens is 324 g/mol. The Bertz CT molecular complexity index is 971. The molecule has 0 saturated heterocycles. The summed E-state index contributed by atoms with van der Waals surface area (Å²) in [6, 6.07) is 13.8. The van der Waals surface area contributed by atoms with Crippen LogP contribution < -0.4 is 5.32 Å². The molecule has 0 fully saturated rings. The molecule has 0 aliphatic heterocycles. The molecule has 132 valence electrons. The van der Waals surface area contributed by atoms with Crippen LogP contribution in [0, 0.1) is 12.3 Å². The van der Waals surface area contributed by atoms with Gasteiger partial charge in [-0.3, -0.25) is 4.79 Å². The largest absolute Gasteiger partial charge is 0.458 e. The molecule has 3 aromatic rings. The lowest BCUT2D eigenvalue weighted by atomic mass is 9.76. The summed E-state index contributed by atoms with van der Waals surface area (Å²) in [5, 5.41) is 3.38. The van der Waals surface area contributed by atoms with E-state index in [1.807, 2.05) is 49.4 Å². The zero-order valence-corrected chi connectivity index (χ0v) is 15.3. The minimum Gasteiger partial charge on any atom is -0.458 e. The first kappa shape index (κ1) is 16.6. The Morgan fingerprint density at radius 1 is 1.08 bits per heavy atom. The Labute approximate surface area is 153 Å². The van der Waals surface area contributed by atoms with E-state index in [4.69, 9.17) is 4.42 Å². The second-order valence-corrected chi connectivity index (χ2v) is 7.71. The molecule has 2 aromatic heterocycles. The minimum absolute atomic E-state index is 0.0892. The molecule has 0 unspecified atom stereocenters. The van der Waals surface area contributed by atoms with Crippen LogP contribution in [0.2, 0.25) is 0 Å². The predicted octanol–water partition coefficient (Wildman–Crippen LogP) is 5.55. The van der Waals surface area contributed by atoms with Crippen molar-refractivity contribution in [1.29, 1.82) is 0 Å². The quantitative estimate of drug-likeness (QED) is 0.675. The minimum atomic E-state index is -0.0892. The maximum atomic E-state index is 12.9. The van der Waals surface area contributed by atoms with Crippen LogP contribution in [-0.4, -0.2) is 10.8 Å². The van der Waals surface area contributed by atoms with E-state index in [9.17, 15) is 4.79 Å². The summed E-state index contributed by atoms with van der Waals surface area (Å²) in [6.07, 6.45) is 3.01. The van der Waals surface area contributed by atoms with Gasteiger partial charge in [0, 0.05) is 24.6 Å². The summed E-state index contributed by atoms with van der Waals surface area (Å²) in [5.74, 6) is 2.33. The highest BCUT2D eigenvalue weighted by molar-refractivity contribution is 6.07. The molecule has 0 saturated carbocycles. The molecular formula is C22H22N2O2. The van der Waals surface area contributed by atoms with Gasteiger partial charge in [0.25, 0.3) is 0 Å². The number of nitrogens with one attached hydrogen (secondary N) is 1. The average Bonchev–Trinajstić information content (AvgIpc) is 2.95. The molecule has 0 spiro atoms. The number of furan rings is 1. The normalized spacial score (nSPS) is 15.6. The third-order valence-corrected chi connectivity index (χ3v) is 4.83. The summed E-state index contributed by atoms with van der Waals surface area (Å²) in [6.45, 7) is 6.21. The highest BCUT2D eigenvalue weighted by Crippen LogP contribution is 2.45. The van der Waals surface area contributed by atoms with Crippen LogP contribution >= 0.6 is 0 Å². The van der Waals surface area contributed by atoms with Gasteiger partial charge >= 0.3 is 0 Å². The number of nitrogens with zero attached hydrogens (tertiary/aromatic N) is 1. The molecule has 0 atom stereocenters. The monoisotopic (exact) mass is 346 g/mol. The van der Waals surface area contributed by atoms with Gasteiger partial charge in [-0.15, -0.1) is 0 Å². The van der Waals surface area contributed by atoms with Crippen LogP contribution in [0.15, 0.2) is 53.1 Å². The second kappa shape index (κ2) is 6.13. The predicted molar refractivity (Wildman–Crippen MR) is 103 cm³/mol. The first-order valence-corrected chi connectivity index (χ1v) is 8.87. The Kier molecular flexibility index (Phi) is 3.91. The maximum absolute atomic E-state index is 12.9. The molecule has 1 aliphatic carbocycles. The van der Waals surface area contributed by atoms with Gasteiger partial charge in [0.15, 0.2) is 11.5 Å². The number of fused-ring (bicyclic) bond motifs is 1. The van der Waals surface area contributed by atoms with Crippen molar-refractivity contribution in [2.75, 3.05) is 5.32 Å². The van der Waals surface area contributed by atoms with Crippen LogP contribution in [-0.2, 0) is 6.42 Å². The summed E-state index contributed by atoms with van der Waals surface area (Å²) < 4.78 is 6.23. The summed E-state index contributed by atoms with van der Waals surface area (Å²) in [7, 11) is 0. The third-order valence-electron chi connectivity index (χ3n) is 4.83. The fraction of sp³-hybridized carbons (Fsp3) is 0.273. The maximum Gasteiger partial charge on any atom is 0.169 e. The standard InChI is InChI=1S/C22H22N2O2/c1-14-8-7-11-23-21(14)24-19-18-16(25)12-22(2,3)13-17(18)26-20(19)15-9-5-4-6-10-15/h4-11H,12-13H2,1-3H3,(H,23,24). The van der Waals surface area contributed by atoms with E-state index >= 15 is 0 Å². The van der Waals surface area contributed by atoms with E-state index in [1.165, 1.54) is 0 Å². The number of aromatic nitrogens is 1. The Balaban J connectivity index is 1.89. The number of carbonyl (C=O) groups is 1. The van der Waals surface area contributed by atoms with E-state index in [0.717, 1.165) is 34.8 Å². The van der Waals surface area contributed by atoms with E-state index < -0.39 is 0 Å². The summed E-state index contributed by atoms with van der Waals surface area (Å²) >= 11 is 0. The molecule has 4 rings (SSSR count). The number of hydrogen-bond acceptors (Lipinski definition) is 4. The van der Waals surface area contributed by atoms with E-state index in [1.54, 1.807) is 6.20 Å².